The van der Waals surface area contributed by atoms with Crippen molar-refractivity contribution in [1.29, 1.82) is 0 Å². The minimum Gasteiger partial charge on any atom is -0.465 e. The fourth-order valence-corrected chi connectivity index (χ4v) is 4.91. The summed E-state index contributed by atoms with van der Waals surface area (Å²) in [4.78, 5) is 33.4. The van der Waals surface area contributed by atoms with Crippen molar-refractivity contribution in [1.82, 2.24) is 9.97 Å². The zero-order valence-corrected chi connectivity index (χ0v) is 16.9. The Bertz CT molecular complexity index is 1030. The van der Waals surface area contributed by atoms with Gasteiger partial charge in [-0.2, -0.15) is 0 Å². The lowest BCUT2D eigenvalue weighted by atomic mass is 10.1. The van der Waals surface area contributed by atoms with Crippen LogP contribution in [0.1, 0.15) is 44.6 Å². The largest absolute Gasteiger partial charge is 0.465 e. The monoisotopic (exact) mass is 429 g/mol. The van der Waals surface area contributed by atoms with Crippen molar-refractivity contribution in [3.05, 3.63) is 32.9 Å². The third kappa shape index (κ3) is 3.69. The van der Waals surface area contributed by atoms with Gasteiger partial charge >= 0.3 is 5.97 Å². The van der Waals surface area contributed by atoms with Gasteiger partial charge in [-0.15, -0.1) is 11.3 Å². The smallest absolute Gasteiger partial charge is 0.341 e. The number of sulfone groups is 1. The second-order valence-corrected chi connectivity index (χ2v) is 9.44. The zero-order chi connectivity index (χ0) is 19.8. The number of amides is 1. The summed E-state index contributed by atoms with van der Waals surface area (Å²) in [6.45, 7) is 1.45. The summed E-state index contributed by atoms with van der Waals surface area (Å²) in [7, 11) is -2.43. The average molecular weight is 430 g/mol. The number of carbonyl (C=O) groups is 2. The van der Waals surface area contributed by atoms with E-state index in [1.54, 1.807) is 0 Å². The molecular formula is C16H16ClN3O5S2. The summed E-state index contributed by atoms with van der Waals surface area (Å²) in [6, 6.07) is 0. The molecule has 0 saturated carbocycles. The molecule has 1 amide bonds. The fraction of sp³-hybridized carbons (Fsp3) is 0.375. The number of nitrogens with zero attached hydrogens (tertiary/aromatic N) is 2. The Hall–Kier alpha value is -2.04. The van der Waals surface area contributed by atoms with Gasteiger partial charge in [0.1, 0.15) is 5.00 Å². The van der Waals surface area contributed by atoms with Gasteiger partial charge in [0.05, 0.1) is 29.6 Å². The Balaban J connectivity index is 1.98. The number of esters is 1. The molecular weight excluding hydrogens is 414 g/mol. The Kier molecular flexibility index (Phi) is 5.50. The minimum atomic E-state index is -3.70. The van der Waals surface area contributed by atoms with Crippen molar-refractivity contribution in [2.24, 2.45) is 0 Å². The van der Waals surface area contributed by atoms with Crippen LogP contribution in [0.15, 0.2) is 11.4 Å². The van der Waals surface area contributed by atoms with Crippen LogP contribution in [0.3, 0.4) is 0 Å². The lowest BCUT2D eigenvalue weighted by molar-refractivity contribution is 0.0601. The first-order valence-electron chi connectivity index (χ1n) is 8.08. The van der Waals surface area contributed by atoms with E-state index >= 15 is 0 Å². The van der Waals surface area contributed by atoms with Gasteiger partial charge in [0, 0.05) is 4.88 Å². The summed E-state index contributed by atoms with van der Waals surface area (Å²) in [5.74, 6) is -1.47. The molecule has 144 valence electrons. The highest BCUT2D eigenvalue weighted by molar-refractivity contribution is 7.91. The number of methoxy groups -OCH3 is 1. The zero-order valence-electron chi connectivity index (χ0n) is 14.5. The highest BCUT2D eigenvalue weighted by Crippen LogP contribution is 2.39. The second-order valence-electron chi connectivity index (χ2n) is 5.76. The lowest BCUT2D eigenvalue weighted by Crippen LogP contribution is -2.19. The molecule has 0 saturated heterocycles. The van der Waals surface area contributed by atoms with Crippen molar-refractivity contribution in [3.63, 3.8) is 0 Å². The number of aryl methyl sites for hydroxylation is 1. The minimum absolute atomic E-state index is 0.0914. The predicted molar refractivity (Wildman–Crippen MR) is 100 cm³/mol. The van der Waals surface area contributed by atoms with Crippen molar-refractivity contribution in [2.45, 2.75) is 31.3 Å². The van der Waals surface area contributed by atoms with Crippen LogP contribution in [-0.2, 0) is 27.4 Å². The van der Waals surface area contributed by atoms with Crippen LogP contribution in [-0.4, -0.2) is 43.1 Å². The molecule has 0 bridgehead atoms. The Labute approximate surface area is 164 Å². The number of halogens is 1. The first-order valence-corrected chi connectivity index (χ1v) is 10.9. The highest BCUT2D eigenvalue weighted by Gasteiger charge is 2.29. The number of aromatic nitrogens is 2. The summed E-state index contributed by atoms with van der Waals surface area (Å²) in [5, 5.41) is 2.39. The van der Waals surface area contributed by atoms with Crippen LogP contribution in [0.2, 0.25) is 5.02 Å². The normalized spacial score (nSPS) is 13.3. The second kappa shape index (κ2) is 7.53. The van der Waals surface area contributed by atoms with Gasteiger partial charge in [0.2, 0.25) is 15.0 Å². The third-order valence-electron chi connectivity index (χ3n) is 4.13. The standard InChI is InChI=1S/C16H16ClN3O5S2/c1-3-27(23,24)16-18-7-9(17)12(19-16)13(21)20-14-11(15(22)25-2)8-5-4-6-10(8)26-14/h7H,3-6H2,1-2H3,(H,20,21). The van der Waals surface area contributed by atoms with Crippen LogP contribution < -0.4 is 5.32 Å². The number of ether oxygens (including phenoxy) is 1. The molecule has 1 aliphatic rings. The third-order valence-corrected chi connectivity index (χ3v) is 7.13. The van der Waals surface area contributed by atoms with Crippen LogP contribution in [0.25, 0.3) is 0 Å². The average Bonchev–Trinajstić information content (AvgIpc) is 3.21. The number of anilines is 1. The quantitative estimate of drug-likeness (QED) is 0.573. The summed E-state index contributed by atoms with van der Waals surface area (Å²) in [5.41, 5.74) is 0.934. The summed E-state index contributed by atoms with van der Waals surface area (Å²) < 4.78 is 28.8. The van der Waals surface area contributed by atoms with Gasteiger partial charge < -0.3 is 10.1 Å². The van der Waals surface area contributed by atoms with Crippen LogP contribution >= 0.6 is 22.9 Å². The molecule has 27 heavy (non-hydrogen) atoms. The molecule has 0 atom stereocenters. The number of hydrogen-bond donors (Lipinski definition) is 1. The molecule has 1 N–H and O–H groups in total. The number of thiophene rings is 1. The van der Waals surface area contributed by atoms with Gasteiger partial charge in [0.15, 0.2) is 5.69 Å². The molecule has 2 aromatic heterocycles. The SMILES string of the molecule is CCS(=O)(=O)c1ncc(Cl)c(C(=O)Nc2sc3c(c2C(=O)OC)CCC3)n1. The summed E-state index contributed by atoms with van der Waals surface area (Å²) in [6.07, 6.45) is 3.57. The van der Waals surface area contributed by atoms with Crippen molar-refractivity contribution in [3.8, 4) is 0 Å². The molecule has 2 heterocycles. The molecule has 8 nitrogen and oxygen atoms in total. The lowest BCUT2D eigenvalue weighted by Gasteiger charge is -2.08. The van der Waals surface area contributed by atoms with Crippen molar-refractivity contribution in [2.75, 3.05) is 18.2 Å². The van der Waals surface area contributed by atoms with Gasteiger partial charge in [0.25, 0.3) is 5.91 Å². The molecule has 1 aliphatic carbocycles. The molecule has 0 unspecified atom stereocenters. The van der Waals surface area contributed by atoms with Gasteiger partial charge in [-0.05, 0) is 24.8 Å². The maximum atomic E-state index is 12.7. The van der Waals surface area contributed by atoms with E-state index < -0.39 is 26.9 Å². The van der Waals surface area contributed by atoms with Crippen LogP contribution in [0.5, 0.6) is 0 Å². The topological polar surface area (TPSA) is 115 Å². The number of fused-ring (bicyclic) bond motifs is 1. The van der Waals surface area contributed by atoms with E-state index in [4.69, 9.17) is 16.3 Å². The maximum Gasteiger partial charge on any atom is 0.341 e. The number of rotatable bonds is 5. The van der Waals surface area contributed by atoms with E-state index in [1.807, 2.05) is 0 Å². The Morgan fingerprint density at radius 3 is 2.78 bits per heavy atom. The van der Waals surface area contributed by atoms with E-state index in [0.29, 0.717) is 10.6 Å². The Morgan fingerprint density at radius 2 is 2.11 bits per heavy atom. The highest BCUT2D eigenvalue weighted by atomic mass is 35.5. The maximum absolute atomic E-state index is 12.7. The van der Waals surface area contributed by atoms with Gasteiger partial charge in [-0.1, -0.05) is 18.5 Å². The Morgan fingerprint density at radius 1 is 1.37 bits per heavy atom. The fourth-order valence-electron chi connectivity index (χ4n) is 2.76. The molecule has 2 aromatic rings. The predicted octanol–water partition coefficient (Wildman–Crippen LogP) is 2.51. The van der Waals surface area contributed by atoms with Crippen LogP contribution in [0.4, 0.5) is 5.00 Å². The number of carbonyl (C=O) groups excluding carboxylic acids is 2. The molecule has 0 aliphatic heterocycles. The van der Waals surface area contributed by atoms with E-state index in [2.05, 4.69) is 15.3 Å². The first kappa shape index (κ1) is 19.7. The first-order chi connectivity index (χ1) is 12.8. The molecule has 0 spiro atoms. The number of nitrogens with one attached hydrogen (secondary N) is 1. The molecule has 11 heteroatoms. The summed E-state index contributed by atoms with van der Waals surface area (Å²) >= 11 is 7.28. The van der Waals surface area contributed by atoms with Crippen molar-refractivity contribution < 1.29 is 22.7 Å². The molecule has 0 radical (unpaired) electrons. The van der Waals surface area contributed by atoms with E-state index in [0.717, 1.165) is 35.9 Å². The van der Waals surface area contributed by atoms with Crippen LogP contribution in [0, 0.1) is 0 Å². The van der Waals surface area contributed by atoms with E-state index in [-0.39, 0.29) is 16.5 Å². The number of hydrogen-bond acceptors (Lipinski definition) is 8. The van der Waals surface area contributed by atoms with E-state index in [9.17, 15) is 18.0 Å². The van der Waals surface area contributed by atoms with E-state index in [1.165, 1.54) is 25.4 Å². The van der Waals surface area contributed by atoms with Crippen molar-refractivity contribution >= 4 is 49.7 Å². The molecule has 3 rings (SSSR count). The molecule has 0 fully saturated rings. The molecule has 0 aromatic carbocycles. The van der Waals surface area contributed by atoms with Gasteiger partial charge in [-0.3, -0.25) is 4.79 Å². The van der Waals surface area contributed by atoms with Gasteiger partial charge in [-0.25, -0.2) is 23.2 Å².